The first-order chi connectivity index (χ1) is 18.2. The third-order valence-corrected chi connectivity index (χ3v) is 6.83. The number of anilines is 1. The summed E-state index contributed by atoms with van der Waals surface area (Å²) in [7, 11) is 1.60. The van der Waals surface area contributed by atoms with Gasteiger partial charge in [-0.25, -0.2) is 0 Å². The van der Waals surface area contributed by atoms with Crippen molar-refractivity contribution in [2.24, 2.45) is 5.92 Å². The van der Waals surface area contributed by atoms with E-state index in [4.69, 9.17) is 37.8 Å². The lowest BCUT2D eigenvalue weighted by Crippen LogP contribution is -2.33. The van der Waals surface area contributed by atoms with Crippen LogP contribution in [0.3, 0.4) is 0 Å². The van der Waals surface area contributed by atoms with Crippen LogP contribution in [0.25, 0.3) is 11.1 Å². The van der Waals surface area contributed by atoms with Crippen molar-refractivity contribution in [3.05, 3.63) is 76.3 Å². The smallest absolute Gasteiger partial charge is 0.305 e. The van der Waals surface area contributed by atoms with Gasteiger partial charge in [0.05, 0.1) is 24.6 Å². The number of carbonyl (C=O) groups is 2. The zero-order valence-corrected chi connectivity index (χ0v) is 23.1. The number of halogens is 2. The van der Waals surface area contributed by atoms with E-state index in [-0.39, 0.29) is 24.9 Å². The van der Waals surface area contributed by atoms with Gasteiger partial charge in [0.1, 0.15) is 18.1 Å². The van der Waals surface area contributed by atoms with Gasteiger partial charge in [0.25, 0.3) is 5.91 Å². The average Bonchev–Trinajstić information content (AvgIpc) is 2.90. The first-order valence-corrected chi connectivity index (χ1v) is 13.1. The molecule has 3 N–H and O–H groups in total. The number of benzene rings is 3. The topological polar surface area (TPSA) is 96.9 Å². The van der Waals surface area contributed by atoms with Crippen molar-refractivity contribution in [2.45, 2.75) is 32.7 Å². The molecule has 0 radical (unpaired) electrons. The van der Waals surface area contributed by atoms with E-state index < -0.39 is 5.97 Å². The van der Waals surface area contributed by atoms with Crippen LogP contribution in [-0.4, -0.2) is 43.3 Å². The number of nitrogens with one attached hydrogen (secondary N) is 2. The molecule has 2 atom stereocenters. The van der Waals surface area contributed by atoms with Gasteiger partial charge in [-0.1, -0.05) is 49.5 Å². The summed E-state index contributed by atoms with van der Waals surface area (Å²) in [5.74, 6) is 0.347. The lowest BCUT2D eigenvalue weighted by molar-refractivity contribution is -0.136. The number of hydrogen-bond acceptors (Lipinski definition) is 5. The van der Waals surface area contributed by atoms with Crippen molar-refractivity contribution in [3.63, 3.8) is 0 Å². The highest BCUT2D eigenvalue weighted by atomic mass is 35.5. The van der Waals surface area contributed by atoms with Crippen LogP contribution in [0.1, 0.15) is 37.0 Å². The van der Waals surface area contributed by atoms with Crippen LogP contribution in [0.5, 0.6) is 11.5 Å². The van der Waals surface area contributed by atoms with Gasteiger partial charge in [0.2, 0.25) is 0 Å². The number of carboxylic acids is 1. The third kappa shape index (κ3) is 8.04. The quantitative estimate of drug-likeness (QED) is 0.214. The molecule has 3 aromatic rings. The van der Waals surface area contributed by atoms with Gasteiger partial charge < -0.3 is 25.2 Å². The lowest BCUT2D eigenvalue weighted by atomic mass is 9.99. The van der Waals surface area contributed by atoms with E-state index in [2.05, 4.69) is 24.5 Å². The molecule has 0 unspecified atom stereocenters. The molecule has 9 heteroatoms. The van der Waals surface area contributed by atoms with Crippen LogP contribution in [0.2, 0.25) is 10.0 Å². The van der Waals surface area contributed by atoms with Gasteiger partial charge in [-0.2, -0.15) is 0 Å². The molecule has 0 heterocycles. The molecule has 202 valence electrons. The van der Waals surface area contributed by atoms with E-state index in [0.717, 1.165) is 23.2 Å². The zero-order valence-electron chi connectivity index (χ0n) is 21.6. The molecule has 7 nitrogen and oxygen atoms in total. The fourth-order valence-electron chi connectivity index (χ4n) is 3.83. The molecule has 0 aromatic heterocycles. The van der Waals surface area contributed by atoms with Gasteiger partial charge in [0.15, 0.2) is 0 Å². The first-order valence-electron chi connectivity index (χ1n) is 12.3. The largest absolute Gasteiger partial charge is 0.496 e. The van der Waals surface area contributed by atoms with Crippen molar-refractivity contribution in [1.82, 2.24) is 5.32 Å². The van der Waals surface area contributed by atoms with Crippen molar-refractivity contribution >= 4 is 40.8 Å². The van der Waals surface area contributed by atoms with Gasteiger partial charge in [-0.3, -0.25) is 9.59 Å². The van der Waals surface area contributed by atoms with Gasteiger partial charge in [-0.15, -0.1) is 0 Å². The van der Waals surface area contributed by atoms with Crippen LogP contribution in [-0.2, 0) is 4.79 Å². The van der Waals surface area contributed by atoms with E-state index in [1.165, 1.54) is 0 Å². The Balaban J connectivity index is 1.67. The molecule has 0 aliphatic carbocycles. The molecule has 3 rings (SSSR count). The highest BCUT2D eigenvalue weighted by molar-refractivity contribution is 6.36. The summed E-state index contributed by atoms with van der Waals surface area (Å²) in [5, 5.41) is 15.9. The summed E-state index contributed by atoms with van der Waals surface area (Å²) < 4.78 is 11.8. The maximum atomic E-state index is 12.2. The van der Waals surface area contributed by atoms with Crippen molar-refractivity contribution in [3.8, 4) is 22.6 Å². The number of methoxy groups -OCH3 is 1. The molecule has 0 spiro atoms. The van der Waals surface area contributed by atoms with E-state index in [0.29, 0.717) is 39.6 Å². The first kappa shape index (κ1) is 29.1. The number of carboxylic acid groups (broad SMARTS) is 1. The Morgan fingerprint density at radius 1 is 1.00 bits per heavy atom. The number of carbonyl (C=O) groups excluding carboxylic acids is 1. The predicted octanol–water partition coefficient (Wildman–Crippen LogP) is 6.78. The number of rotatable bonds is 13. The molecule has 0 bridgehead atoms. The molecule has 0 aliphatic heterocycles. The van der Waals surface area contributed by atoms with E-state index >= 15 is 0 Å². The molecule has 0 aliphatic rings. The Kier molecular flexibility index (Phi) is 10.7. The normalized spacial score (nSPS) is 12.3. The van der Waals surface area contributed by atoms with Crippen molar-refractivity contribution < 1.29 is 24.2 Å². The molecule has 38 heavy (non-hydrogen) atoms. The van der Waals surface area contributed by atoms with Crippen LogP contribution in [0.15, 0.2) is 60.7 Å². The Morgan fingerprint density at radius 3 is 2.34 bits per heavy atom. The molecule has 1 amide bonds. The summed E-state index contributed by atoms with van der Waals surface area (Å²) in [6.45, 7) is 4.77. The Labute approximate surface area is 233 Å². The Bertz CT molecular complexity index is 1250. The number of ether oxygens (including phenoxy) is 2. The minimum absolute atomic E-state index is 0.00613. The molecular weight excluding hydrogens is 527 g/mol. The minimum Gasteiger partial charge on any atom is -0.496 e. The monoisotopic (exact) mass is 558 g/mol. The highest BCUT2D eigenvalue weighted by Gasteiger charge is 2.18. The van der Waals surface area contributed by atoms with E-state index in [9.17, 15) is 9.59 Å². The lowest BCUT2D eigenvalue weighted by Gasteiger charge is -2.26. The molecule has 0 saturated heterocycles. The van der Waals surface area contributed by atoms with Crippen LogP contribution >= 0.6 is 23.2 Å². The minimum atomic E-state index is -0.955. The van der Waals surface area contributed by atoms with Gasteiger partial charge in [0, 0.05) is 40.0 Å². The zero-order chi connectivity index (χ0) is 27.7. The number of aliphatic carboxylic acids is 1. The Hall–Kier alpha value is -3.42. The fourth-order valence-corrected chi connectivity index (χ4v) is 4.34. The van der Waals surface area contributed by atoms with E-state index in [1.807, 2.05) is 36.4 Å². The van der Waals surface area contributed by atoms with Crippen LogP contribution in [0.4, 0.5) is 5.69 Å². The molecular formula is C29H32Cl2N2O5. The van der Waals surface area contributed by atoms with Gasteiger partial charge >= 0.3 is 5.97 Å². The summed E-state index contributed by atoms with van der Waals surface area (Å²) in [5.41, 5.74) is 2.97. The van der Waals surface area contributed by atoms with Crippen LogP contribution in [0, 0.1) is 5.92 Å². The van der Waals surface area contributed by atoms with Crippen molar-refractivity contribution in [1.29, 1.82) is 0 Å². The summed E-state index contributed by atoms with van der Waals surface area (Å²) in [6, 6.07) is 18.1. The second kappa shape index (κ2) is 13.9. The SMILES string of the molecule is CC[C@H](C)[C@@H](COc1ccc(-c2ccc(Cl)cc2Cl)c(OC)c1)Nc1ccc(C(=O)NCCC(=O)O)cc1. The average molecular weight is 559 g/mol. The summed E-state index contributed by atoms with van der Waals surface area (Å²) in [6.07, 6.45) is 0.827. The summed E-state index contributed by atoms with van der Waals surface area (Å²) >= 11 is 12.4. The molecule has 0 saturated carbocycles. The third-order valence-electron chi connectivity index (χ3n) is 6.28. The Morgan fingerprint density at radius 2 is 1.71 bits per heavy atom. The fraction of sp³-hybridized carbons (Fsp3) is 0.310. The second-order valence-corrected chi connectivity index (χ2v) is 9.75. The van der Waals surface area contributed by atoms with E-state index in [1.54, 1.807) is 31.4 Å². The second-order valence-electron chi connectivity index (χ2n) is 8.91. The van der Waals surface area contributed by atoms with Gasteiger partial charge in [-0.05, 0) is 54.4 Å². The highest BCUT2D eigenvalue weighted by Crippen LogP contribution is 2.38. The number of amides is 1. The maximum absolute atomic E-state index is 12.2. The summed E-state index contributed by atoms with van der Waals surface area (Å²) in [4.78, 5) is 22.8. The number of hydrogen-bond donors (Lipinski definition) is 3. The van der Waals surface area contributed by atoms with Crippen LogP contribution < -0.4 is 20.1 Å². The molecule has 0 fully saturated rings. The maximum Gasteiger partial charge on any atom is 0.305 e. The van der Waals surface area contributed by atoms with Crippen molar-refractivity contribution in [2.75, 3.05) is 25.6 Å². The predicted molar refractivity (Wildman–Crippen MR) is 152 cm³/mol. The molecule has 3 aromatic carbocycles. The standard InChI is InChI=1S/C29H32Cl2N2O5/c1-4-18(2)26(33-21-8-5-19(6-9-21)29(36)32-14-13-28(34)35)17-38-22-10-12-24(27(16-22)37-3)23-11-7-20(30)15-25(23)31/h5-12,15-16,18,26,33H,4,13-14,17H2,1-3H3,(H,32,36)(H,34,35)/t18-,26+/m0/s1.